The van der Waals surface area contributed by atoms with Gasteiger partial charge in [0.2, 0.25) is 0 Å². The molecule has 1 heteroatoms. The summed E-state index contributed by atoms with van der Waals surface area (Å²) in [6.07, 6.45) is 0. The third-order valence-corrected chi connectivity index (χ3v) is 10.00. The van der Waals surface area contributed by atoms with E-state index in [-0.39, 0.29) is 0 Å². The largest absolute Gasteiger partial charge is 0.455 e. The summed E-state index contributed by atoms with van der Waals surface area (Å²) in [4.78, 5) is 0. The zero-order valence-electron chi connectivity index (χ0n) is 27.7. The van der Waals surface area contributed by atoms with Gasteiger partial charge in [0.05, 0.1) is 1.37 Å². The van der Waals surface area contributed by atoms with E-state index in [4.69, 9.17) is 5.79 Å². The van der Waals surface area contributed by atoms with Gasteiger partial charge in [0.25, 0.3) is 0 Å². The van der Waals surface area contributed by atoms with Gasteiger partial charge in [0, 0.05) is 16.3 Å². The van der Waals surface area contributed by atoms with Gasteiger partial charge in [-0.2, -0.15) is 0 Å². The maximum absolute atomic E-state index is 8.07. The average Bonchev–Trinajstić information content (AvgIpc) is 3.56. The van der Waals surface area contributed by atoms with Crippen molar-refractivity contribution in [3.05, 3.63) is 182 Å². The zero-order chi connectivity index (χ0) is 33.2. The van der Waals surface area contributed by atoms with Gasteiger partial charge in [-0.05, 0) is 83.4 Å². The fourth-order valence-corrected chi connectivity index (χ4v) is 7.78. The molecule has 0 N–H and O–H groups in total. The van der Waals surface area contributed by atoms with Crippen LogP contribution in [0.2, 0.25) is 0 Å². The third kappa shape index (κ3) is 4.40. The smallest absolute Gasteiger partial charge is 0.143 e. The lowest BCUT2D eigenvalue weighted by atomic mass is 9.85. The van der Waals surface area contributed by atoms with E-state index in [0.29, 0.717) is 6.04 Å². The van der Waals surface area contributed by atoms with Crippen LogP contribution in [0.15, 0.2) is 186 Å². The number of benzene rings is 9. The second-order valence-electron chi connectivity index (χ2n) is 12.7. The molecule has 0 saturated carbocycles. The van der Waals surface area contributed by atoms with Crippen molar-refractivity contribution in [2.24, 2.45) is 0 Å². The first kappa shape index (κ1) is 26.6. The van der Waals surface area contributed by atoms with Gasteiger partial charge >= 0.3 is 0 Å². The fourth-order valence-electron chi connectivity index (χ4n) is 7.78. The van der Waals surface area contributed by atoms with Crippen LogP contribution in [0.25, 0.3) is 98.8 Å². The van der Waals surface area contributed by atoms with E-state index in [1.807, 2.05) is 18.2 Å². The Morgan fingerprint density at radius 1 is 0.367 bits per heavy atom. The molecule has 0 aliphatic heterocycles. The molecule has 0 fully saturated rings. The molecule has 10 rings (SSSR count). The average molecular weight is 624 g/mol. The Labute approximate surface area is 285 Å². The Morgan fingerprint density at radius 3 is 1.67 bits per heavy atom. The van der Waals surface area contributed by atoms with Crippen LogP contribution in [0.5, 0.6) is 0 Å². The molecule has 0 bridgehead atoms. The molecule has 228 valence electrons. The lowest BCUT2D eigenvalue weighted by molar-refractivity contribution is 0.670. The molecule has 0 atom stereocenters. The van der Waals surface area contributed by atoms with Gasteiger partial charge in [-0.3, -0.25) is 0 Å². The van der Waals surface area contributed by atoms with Gasteiger partial charge in [0.15, 0.2) is 0 Å². The van der Waals surface area contributed by atoms with Crippen LogP contribution in [0.4, 0.5) is 0 Å². The van der Waals surface area contributed by atoms with Crippen LogP contribution in [-0.4, -0.2) is 0 Å². The molecule has 0 aliphatic carbocycles. The first-order chi connectivity index (χ1) is 24.7. The maximum Gasteiger partial charge on any atom is 0.143 e. The second kappa shape index (κ2) is 11.1. The highest BCUT2D eigenvalue weighted by atomic mass is 16.3. The van der Waals surface area contributed by atoms with Gasteiger partial charge in [-0.1, -0.05) is 170 Å². The van der Waals surface area contributed by atoms with Gasteiger partial charge in [0.1, 0.15) is 11.2 Å². The number of hydrogen-bond donors (Lipinski definition) is 0. The third-order valence-electron chi connectivity index (χ3n) is 10.00. The Bertz CT molecular complexity index is 2860. The molecule has 0 unspecified atom stereocenters. The monoisotopic (exact) mass is 623 g/mol. The van der Waals surface area contributed by atoms with Crippen LogP contribution in [0, 0.1) is 0 Å². The molecule has 0 saturated heterocycles. The summed E-state index contributed by atoms with van der Waals surface area (Å²) in [6, 6.07) is 62.9. The first-order valence-corrected chi connectivity index (χ1v) is 16.8. The minimum absolute atomic E-state index is 0.531. The minimum atomic E-state index is 0.531. The SMILES string of the molecule is [2H]c1ccc2cc(-c3c4ccccc4c(-c4ccc(-c5cccc6oc7c(-c8ccccc8)cccc7c56)cc4)c4ccccc34)ccc2c1. The van der Waals surface area contributed by atoms with E-state index in [0.717, 1.165) is 55.0 Å². The van der Waals surface area contributed by atoms with E-state index in [1.165, 1.54) is 43.8 Å². The molecule has 0 amide bonds. The summed E-state index contributed by atoms with van der Waals surface area (Å²) in [7, 11) is 0. The predicted octanol–water partition coefficient (Wildman–Crippen LogP) is 13.7. The van der Waals surface area contributed by atoms with Gasteiger partial charge in [-0.25, -0.2) is 0 Å². The molecule has 9 aromatic carbocycles. The second-order valence-corrected chi connectivity index (χ2v) is 12.7. The van der Waals surface area contributed by atoms with Crippen molar-refractivity contribution in [3.63, 3.8) is 0 Å². The van der Waals surface area contributed by atoms with Crippen molar-refractivity contribution in [3.8, 4) is 44.5 Å². The summed E-state index contributed by atoms with van der Waals surface area (Å²) in [5.74, 6) is 0. The number of para-hydroxylation sites is 1. The molecule has 1 aromatic heterocycles. The molecule has 49 heavy (non-hydrogen) atoms. The molecule has 1 nitrogen and oxygen atoms in total. The number of rotatable bonds is 4. The lowest BCUT2D eigenvalue weighted by Gasteiger charge is -2.18. The van der Waals surface area contributed by atoms with Crippen molar-refractivity contribution in [1.29, 1.82) is 0 Å². The topological polar surface area (TPSA) is 13.1 Å². The molecular weight excluding hydrogens is 593 g/mol. The molecule has 10 aromatic rings. The van der Waals surface area contributed by atoms with Crippen LogP contribution >= 0.6 is 0 Å². The van der Waals surface area contributed by atoms with Crippen LogP contribution in [0.3, 0.4) is 0 Å². The Hall–Kier alpha value is -6.44. The summed E-state index contributed by atoms with van der Waals surface area (Å²) >= 11 is 0. The minimum Gasteiger partial charge on any atom is -0.455 e. The summed E-state index contributed by atoms with van der Waals surface area (Å²) in [6.45, 7) is 0. The summed E-state index contributed by atoms with van der Waals surface area (Å²) < 4.78 is 14.6. The summed E-state index contributed by atoms with van der Waals surface area (Å²) in [5.41, 5.74) is 11.2. The highest BCUT2D eigenvalue weighted by molar-refractivity contribution is 6.22. The normalized spacial score (nSPS) is 12.0. The van der Waals surface area contributed by atoms with Crippen molar-refractivity contribution in [2.45, 2.75) is 0 Å². The van der Waals surface area contributed by atoms with Gasteiger partial charge in [-0.15, -0.1) is 0 Å². The lowest BCUT2D eigenvalue weighted by Crippen LogP contribution is -1.91. The standard InChI is InChI=1S/C48H30O/c1-2-13-32(14-3-1)38-21-10-22-43-47-37(20-11-23-44(47)49-48(38)43)33-25-27-34(28-26-33)45-39-16-6-8-18-41(39)46(42-19-9-7-17-40(42)45)36-29-24-31-12-4-5-15-35(31)30-36/h1-30H/i4D. The van der Waals surface area contributed by atoms with E-state index in [2.05, 4.69) is 158 Å². The highest BCUT2D eigenvalue weighted by Crippen LogP contribution is 2.45. The fraction of sp³-hybridized carbons (Fsp3) is 0. The summed E-state index contributed by atoms with van der Waals surface area (Å²) in [5, 5.41) is 9.41. The first-order valence-electron chi connectivity index (χ1n) is 17.3. The van der Waals surface area contributed by atoms with Gasteiger partial charge < -0.3 is 4.42 Å². The van der Waals surface area contributed by atoms with Crippen molar-refractivity contribution < 1.29 is 5.79 Å². The predicted molar refractivity (Wildman–Crippen MR) is 208 cm³/mol. The van der Waals surface area contributed by atoms with Crippen molar-refractivity contribution in [1.82, 2.24) is 0 Å². The quantitative estimate of drug-likeness (QED) is 0.178. The van der Waals surface area contributed by atoms with E-state index in [9.17, 15) is 0 Å². The molecular formula is C48H30O. The van der Waals surface area contributed by atoms with Crippen molar-refractivity contribution in [2.75, 3.05) is 0 Å². The Kier molecular flexibility index (Phi) is 6.02. The Balaban J connectivity index is 1.14. The molecule has 0 aliphatic rings. The zero-order valence-corrected chi connectivity index (χ0v) is 26.7. The molecule has 0 spiro atoms. The van der Waals surface area contributed by atoms with Crippen LogP contribution in [-0.2, 0) is 0 Å². The maximum atomic E-state index is 8.07. The van der Waals surface area contributed by atoms with Crippen LogP contribution < -0.4 is 0 Å². The number of furan rings is 1. The van der Waals surface area contributed by atoms with E-state index >= 15 is 0 Å². The highest BCUT2D eigenvalue weighted by Gasteiger charge is 2.18. The van der Waals surface area contributed by atoms with Crippen molar-refractivity contribution >= 4 is 54.3 Å². The molecule has 0 radical (unpaired) electrons. The van der Waals surface area contributed by atoms with Crippen LogP contribution in [0.1, 0.15) is 1.37 Å². The Morgan fingerprint density at radius 2 is 0.939 bits per heavy atom. The number of hydrogen-bond acceptors (Lipinski definition) is 1. The van der Waals surface area contributed by atoms with E-state index in [1.54, 1.807) is 0 Å². The molecule has 1 heterocycles. The number of fused-ring (bicyclic) bond motifs is 6. The van der Waals surface area contributed by atoms with E-state index < -0.39 is 0 Å².